The fraction of sp³-hybridized carbons (Fsp3) is 0.652. The highest BCUT2D eigenvalue weighted by molar-refractivity contribution is 7.89. The van der Waals surface area contributed by atoms with Gasteiger partial charge >= 0.3 is 0 Å². The van der Waals surface area contributed by atoms with Crippen LogP contribution in [0.4, 0.5) is 0 Å². The molecule has 32 heavy (non-hydrogen) atoms. The molecule has 0 spiro atoms. The minimum Gasteiger partial charge on any atom is -0.376 e. The zero-order valence-corrected chi connectivity index (χ0v) is 20.6. The summed E-state index contributed by atoms with van der Waals surface area (Å²) in [6.45, 7) is 10.0. The van der Waals surface area contributed by atoms with E-state index in [0.717, 1.165) is 19.3 Å². The lowest BCUT2D eigenvalue weighted by Gasteiger charge is -2.37. The van der Waals surface area contributed by atoms with Crippen molar-refractivity contribution in [2.24, 2.45) is 5.92 Å². The van der Waals surface area contributed by atoms with E-state index in [1.807, 2.05) is 34.6 Å². The van der Waals surface area contributed by atoms with Crippen LogP contribution in [-0.4, -0.2) is 62.5 Å². The van der Waals surface area contributed by atoms with E-state index in [-0.39, 0.29) is 29.4 Å². The molecule has 2 amide bonds. The van der Waals surface area contributed by atoms with Gasteiger partial charge in [0.05, 0.1) is 17.5 Å². The molecule has 0 saturated carbocycles. The Bertz CT molecular complexity index is 865. The van der Waals surface area contributed by atoms with Crippen LogP contribution in [0.15, 0.2) is 35.2 Å². The second-order valence-corrected chi connectivity index (χ2v) is 11.0. The molecular formula is C23H37N3O5S. The molecule has 2 N–H and O–H groups in total. The standard InChI is InChI=1S/C23H37N3O5S/c1-6-23(4,5)25-22(28)21(17(2)3)26(16-18-11-10-14-31-18)20(27)15-24-32(29,30)19-12-8-7-9-13-19/h7-9,12-13,17-18,21,24H,6,10-11,14-16H2,1-5H3,(H,25,28)/t18-,21-/m1/s1. The number of ether oxygens (including phenoxy) is 1. The molecular weight excluding hydrogens is 430 g/mol. The van der Waals surface area contributed by atoms with Gasteiger partial charge in [-0.25, -0.2) is 13.1 Å². The Kier molecular flexibility index (Phi) is 9.24. The smallest absolute Gasteiger partial charge is 0.243 e. The van der Waals surface area contributed by atoms with Gasteiger partial charge in [-0.1, -0.05) is 39.0 Å². The average Bonchev–Trinajstić information content (AvgIpc) is 3.25. The highest BCUT2D eigenvalue weighted by atomic mass is 32.2. The molecule has 0 aliphatic carbocycles. The van der Waals surface area contributed by atoms with Crippen molar-refractivity contribution in [1.82, 2.24) is 14.9 Å². The summed E-state index contributed by atoms with van der Waals surface area (Å²) in [7, 11) is -3.84. The summed E-state index contributed by atoms with van der Waals surface area (Å²) in [5, 5.41) is 3.03. The molecule has 2 rings (SSSR count). The van der Waals surface area contributed by atoms with Gasteiger partial charge in [0.15, 0.2) is 0 Å². The first-order chi connectivity index (χ1) is 15.0. The van der Waals surface area contributed by atoms with Crippen LogP contribution >= 0.6 is 0 Å². The molecule has 0 aromatic heterocycles. The average molecular weight is 468 g/mol. The summed E-state index contributed by atoms with van der Waals surface area (Å²) < 4.78 is 33.3. The van der Waals surface area contributed by atoms with E-state index in [4.69, 9.17) is 4.74 Å². The van der Waals surface area contributed by atoms with E-state index < -0.39 is 34.1 Å². The normalized spacial score (nSPS) is 17.9. The number of benzene rings is 1. The predicted molar refractivity (Wildman–Crippen MR) is 123 cm³/mol. The summed E-state index contributed by atoms with van der Waals surface area (Å²) in [6.07, 6.45) is 2.26. The quantitative estimate of drug-likeness (QED) is 0.520. The molecule has 9 heteroatoms. The maximum Gasteiger partial charge on any atom is 0.243 e. The molecule has 1 aromatic rings. The van der Waals surface area contributed by atoms with Crippen molar-refractivity contribution in [3.63, 3.8) is 0 Å². The fourth-order valence-electron chi connectivity index (χ4n) is 3.62. The number of nitrogens with one attached hydrogen (secondary N) is 2. The number of carbonyl (C=O) groups excluding carboxylic acids is 2. The minimum atomic E-state index is -3.84. The minimum absolute atomic E-state index is 0.0846. The maximum atomic E-state index is 13.3. The number of nitrogens with zero attached hydrogens (tertiary/aromatic N) is 1. The highest BCUT2D eigenvalue weighted by Gasteiger charge is 2.36. The first-order valence-electron chi connectivity index (χ1n) is 11.2. The van der Waals surface area contributed by atoms with Gasteiger partial charge in [0.25, 0.3) is 0 Å². The summed E-state index contributed by atoms with van der Waals surface area (Å²) in [5.74, 6) is -0.869. The number of amides is 2. The first-order valence-corrected chi connectivity index (χ1v) is 12.7. The van der Waals surface area contributed by atoms with E-state index in [9.17, 15) is 18.0 Å². The Labute approximate surface area is 192 Å². The Morgan fingerprint density at radius 1 is 1.22 bits per heavy atom. The Hall–Kier alpha value is -1.97. The van der Waals surface area contributed by atoms with E-state index in [0.29, 0.717) is 6.61 Å². The van der Waals surface area contributed by atoms with Crippen LogP contribution < -0.4 is 10.0 Å². The molecule has 0 unspecified atom stereocenters. The molecule has 1 aliphatic rings. The predicted octanol–water partition coefficient (Wildman–Crippen LogP) is 2.30. The van der Waals surface area contributed by atoms with Crippen molar-refractivity contribution in [2.75, 3.05) is 19.7 Å². The monoisotopic (exact) mass is 467 g/mol. The second kappa shape index (κ2) is 11.2. The third-order valence-electron chi connectivity index (χ3n) is 5.79. The summed E-state index contributed by atoms with van der Waals surface area (Å²) in [5.41, 5.74) is -0.419. The van der Waals surface area contributed by atoms with Gasteiger partial charge in [0.1, 0.15) is 6.04 Å². The molecule has 1 aliphatic heterocycles. The largest absolute Gasteiger partial charge is 0.376 e. The topological polar surface area (TPSA) is 105 Å². The Morgan fingerprint density at radius 2 is 1.88 bits per heavy atom. The van der Waals surface area contributed by atoms with E-state index in [1.165, 1.54) is 17.0 Å². The number of rotatable bonds is 11. The SMILES string of the molecule is CCC(C)(C)NC(=O)[C@@H](C(C)C)N(C[C@H]1CCCO1)C(=O)CNS(=O)(=O)c1ccccc1. The van der Waals surface area contributed by atoms with Crippen LogP contribution in [0.5, 0.6) is 0 Å². The van der Waals surface area contributed by atoms with E-state index in [2.05, 4.69) is 10.0 Å². The Balaban J connectivity index is 2.23. The summed E-state index contributed by atoms with van der Waals surface area (Å²) in [4.78, 5) is 28.0. The number of carbonyl (C=O) groups is 2. The molecule has 1 fully saturated rings. The molecule has 1 heterocycles. The van der Waals surface area contributed by atoms with Gasteiger partial charge in [-0.15, -0.1) is 0 Å². The molecule has 1 saturated heterocycles. The maximum absolute atomic E-state index is 13.3. The number of sulfonamides is 1. The lowest BCUT2D eigenvalue weighted by Crippen LogP contribution is -2.59. The van der Waals surface area contributed by atoms with Gasteiger partial charge in [-0.05, 0) is 51.2 Å². The zero-order valence-electron chi connectivity index (χ0n) is 19.8. The molecule has 1 aromatic carbocycles. The van der Waals surface area contributed by atoms with E-state index in [1.54, 1.807) is 18.2 Å². The molecule has 0 radical (unpaired) electrons. The van der Waals surface area contributed by atoms with Gasteiger partial charge in [-0.2, -0.15) is 0 Å². The summed E-state index contributed by atoms with van der Waals surface area (Å²) >= 11 is 0. The summed E-state index contributed by atoms with van der Waals surface area (Å²) in [6, 6.07) is 7.15. The third kappa shape index (κ3) is 7.28. The number of hydrogen-bond donors (Lipinski definition) is 2. The van der Waals surface area contributed by atoms with Crippen LogP contribution in [0, 0.1) is 5.92 Å². The highest BCUT2D eigenvalue weighted by Crippen LogP contribution is 2.20. The van der Waals surface area contributed by atoms with Gasteiger partial charge in [0, 0.05) is 18.7 Å². The van der Waals surface area contributed by atoms with Crippen LogP contribution in [0.1, 0.15) is 53.9 Å². The molecule has 180 valence electrons. The second-order valence-electron chi connectivity index (χ2n) is 9.23. The van der Waals surface area contributed by atoms with Crippen molar-refractivity contribution < 1.29 is 22.7 Å². The first kappa shape index (κ1) is 26.3. The van der Waals surface area contributed by atoms with Crippen LogP contribution in [0.2, 0.25) is 0 Å². The molecule has 2 atom stereocenters. The zero-order chi connectivity index (χ0) is 23.9. The van der Waals surface area contributed by atoms with Crippen LogP contribution in [0.3, 0.4) is 0 Å². The lowest BCUT2D eigenvalue weighted by atomic mass is 9.96. The van der Waals surface area contributed by atoms with Crippen molar-refractivity contribution in [3.05, 3.63) is 30.3 Å². The van der Waals surface area contributed by atoms with Crippen molar-refractivity contribution >= 4 is 21.8 Å². The van der Waals surface area contributed by atoms with Crippen molar-refractivity contribution in [2.45, 2.75) is 76.5 Å². The third-order valence-corrected chi connectivity index (χ3v) is 7.21. The van der Waals surface area contributed by atoms with E-state index >= 15 is 0 Å². The van der Waals surface area contributed by atoms with Gasteiger partial charge in [-0.3, -0.25) is 9.59 Å². The van der Waals surface area contributed by atoms with Gasteiger partial charge in [0.2, 0.25) is 21.8 Å². The number of hydrogen-bond acceptors (Lipinski definition) is 5. The Morgan fingerprint density at radius 3 is 2.41 bits per heavy atom. The van der Waals surface area contributed by atoms with Crippen LogP contribution in [0.25, 0.3) is 0 Å². The fourth-order valence-corrected chi connectivity index (χ4v) is 4.62. The van der Waals surface area contributed by atoms with Gasteiger partial charge < -0.3 is 15.0 Å². The lowest BCUT2D eigenvalue weighted by molar-refractivity contribution is -0.144. The molecule has 8 nitrogen and oxygen atoms in total. The molecule has 0 bridgehead atoms. The van der Waals surface area contributed by atoms with Crippen molar-refractivity contribution in [3.8, 4) is 0 Å². The van der Waals surface area contributed by atoms with Crippen LogP contribution in [-0.2, 0) is 24.3 Å². The van der Waals surface area contributed by atoms with Crippen molar-refractivity contribution in [1.29, 1.82) is 0 Å².